The van der Waals surface area contributed by atoms with E-state index in [2.05, 4.69) is 228 Å². The van der Waals surface area contributed by atoms with Gasteiger partial charge in [0.2, 0.25) is 0 Å². The minimum Gasteiger partial charge on any atom is -0.309 e. The highest BCUT2D eigenvalue weighted by Crippen LogP contribution is 2.48. The highest BCUT2D eigenvalue weighted by Gasteiger charge is 2.21. The molecule has 268 valence electrons. The Morgan fingerprint density at radius 3 is 1.47 bits per heavy atom. The lowest BCUT2D eigenvalue weighted by atomic mass is 9.98. The molecular formula is C54H36N2S. The van der Waals surface area contributed by atoms with Crippen LogP contribution in [0.2, 0.25) is 0 Å². The van der Waals surface area contributed by atoms with E-state index in [1.807, 2.05) is 11.3 Å². The summed E-state index contributed by atoms with van der Waals surface area (Å²) in [5, 5.41) is 5.04. The van der Waals surface area contributed by atoms with Crippen molar-refractivity contribution in [2.24, 2.45) is 0 Å². The number of hydrogen-bond donors (Lipinski definition) is 0. The Kier molecular flexibility index (Phi) is 8.04. The first-order valence-corrected chi connectivity index (χ1v) is 20.2. The van der Waals surface area contributed by atoms with Crippen molar-refractivity contribution in [2.75, 3.05) is 4.90 Å². The van der Waals surface area contributed by atoms with Crippen molar-refractivity contribution < 1.29 is 0 Å². The zero-order chi connectivity index (χ0) is 37.7. The second kappa shape index (κ2) is 13.8. The maximum Gasteiger partial charge on any atom is 0.0646 e. The van der Waals surface area contributed by atoms with E-state index in [0.29, 0.717) is 0 Å². The molecular weight excluding hydrogens is 709 g/mol. The van der Waals surface area contributed by atoms with E-state index in [9.17, 15) is 0 Å². The smallest absolute Gasteiger partial charge is 0.0646 e. The summed E-state index contributed by atoms with van der Waals surface area (Å²) in [5.74, 6) is 0. The molecule has 0 unspecified atom stereocenters. The normalized spacial score (nSPS) is 11.5. The highest BCUT2D eigenvalue weighted by molar-refractivity contribution is 7.26. The van der Waals surface area contributed by atoms with Gasteiger partial charge in [-0.2, -0.15) is 0 Å². The fraction of sp³-hybridized carbons (Fsp3) is 0. The quantitative estimate of drug-likeness (QED) is 0.158. The highest BCUT2D eigenvalue weighted by atomic mass is 32.1. The van der Waals surface area contributed by atoms with Gasteiger partial charge in [-0.25, -0.2) is 0 Å². The summed E-state index contributed by atoms with van der Waals surface area (Å²) in [6, 6.07) is 79.4. The summed E-state index contributed by atoms with van der Waals surface area (Å²) < 4.78 is 4.93. The second-order valence-corrected chi connectivity index (χ2v) is 15.6. The molecule has 3 heteroatoms. The predicted octanol–water partition coefficient (Wildman–Crippen LogP) is 15.6. The summed E-state index contributed by atoms with van der Waals surface area (Å²) in [6.45, 7) is 0. The van der Waals surface area contributed by atoms with E-state index in [0.717, 1.165) is 22.7 Å². The molecule has 11 aromatic rings. The van der Waals surface area contributed by atoms with Gasteiger partial charge >= 0.3 is 0 Å². The average molecular weight is 745 g/mol. The van der Waals surface area contributed by atoms with Crippen LogP contribution in [0.3, 0.4) is 0 Å². The molecule has 0 amide bonds. The molecule has 0 saturated heterocycles. The molecule has 0 atom stereocenters. The van der Waals surface area contributed by atoms with Gasteiger partial charge in [-0.05, 0) is 106 Å². The third-order valence-corrected chi connectivity index (χ3v) is 12.4. The standard InChI is InChI=1S/C54H36N2S/c1-4-14-37(15-5-1)39-24-29-44(30-25-39)55(45-31-26-40(27-32-45)38-16-6-2-7-17-38)52-36-42(35-49-47-21-11-13-23-53(47)57-54(49)52)41-28-33-51-48(34-41)46-20-10-12-22-50(46)56(51)43-18-8-3-9-19-43/h1-36H. The maximum atomic E-state index is 2.45. The third kappa shape index (κ3) is 5.80. The number of benzene rings is 9. The SMILES string of the molecule is c1ccc(-c2ccc(N(c3ccc(-c4ccccc4)cc3)c3cc(-c4ccc5c(c4)c4ccccc4n5-c4ccccc4)cc4c3sc3ccccc34)cc2)cc1. The zero-order valence-electron chi connectivity index (χ0n) is 31.1. The van der Waals surface area contributed by atoms with Crippen LogP contribution in [0, 0.1) is 0 Å². The van der Waals surface area contributed by atoms with E-state index in [1.54, 1.807) is 0 Å². The van der Waals surface area contributed by atoms with Gasteiger partial charge in [0.25, 0.3) is 0 Å². The van der Waals surface area contributed by atoms with Crippen molar-refractivity contribution in [1.82, 2.24) is 4.57 Å². The molecule has 2 nitrogen and oxygen atoms in total. The maximum absolute atomic E-state index is 2.45. The van der Waals surface area contributed by atoms with Crippen LogP contribution in [-0.4, -0.2) is 4.57 Å². The molecule has 0 aliphatic rings. The Morgan fingerprint density at radius 1 is 0.333 bits per heavy atom. The Balaban J connectivity index is 1.14. The van der Waals surface area contributed by atoms with Gasteiger partial charge in [-0.15, -0.1) is 11.3 Å². The van der Waals surface area contributed by atoms with Gasteiger partial charge in [0, 0.05) is 43.3 Å². The monoisotopic (exact) mass is 744 g/mol. The molecule has 57 heavy (non-hydrogen) atoms. The topological polar surface area (TPSA) is 8.17 Å². The molecule has 2 aromatic heterocycles. The largest absolute Gasteiger partial charge is 0.309 e. The Bertz CT molecular complexity index is 3120. The van der Waals surface area contributed by atoms with Crippen molar-refractivity contribution in [3.8, 4) is 39.1 Å². The van der Waals surface area contributed by atoms with Crippen LogP contribution in [0.1, 0.15) is 0 Å². The third-order valence-electron chi connectivity index (χ3n) is 11.2. The number of fused-ring (bicyclic) bond motifs is 6. The molecule has 0 spiro atoms. The van der Waals surface area contributed by atoms with Crippen LogP contribution in [0.25, 0.3) is 81.0 Å². The van der Waals surface area contributed by atoms with Gasteiger partial charge in [0.15, 0.2) is 0 Å². The predicted molar refractivity (Wildman–Crippen MR) is 245 cm³/mol. The fourth-order valence-electron chi connectivity index (χ4n) is 8.44. The van der Waals surface area contributed by atoms with Crippen LogP contribution >= 0.6 is 11.3 Å². The number of para-hydroxylation sites is 2. The molecule has 0 saturated carbocycles. The minimum atomic E-state index is 1.11. The number of rotatable bonds is 7. The van der Waals surface area contributed by atoms with Crippen LogP contribution in [0.4, 0.5) is 17.1 Å². The van der Waals surface area contributed by atoms with Gasteiger partial charge in [0.1, 0.15) is 0 Å². The fourth-order valence-corrected chi connectivity index (χ4v) is 9.63. The molecule has 2 heterocycles. The lowest BCUT2D eigenvalue weighted by Gasteiger charge is -2.27. The molecule has 0 aliphatic carbocycles. The van der Waals surface area contributed by atoms with Crippen molar-refractivity contribution in [2.45, 2.75) is 0 Å². The van der Waals surface area contributed by atoms with Gasteiger partial charge in [0.05, 0.1) is 21.4 Å². The molecule has 0 radical (unpaired) electrons. The first-order valence-electron chi connectivity index (χ1n) is 19.4. The molecule has 0 bridgehead atoms. The number of hydrogen-bond acceptors (Lipinski definition) is 2. The van der Waals surface area contributed by atoms with Crippen molar-refractivity contribution in [1.29, 1.82) is 0 Å². The molecule has 0 N–H and O–H groups in total. The molecule has 11 rings (SSSR count). The second-order valence-electron chi connectivity index (χ2n) is 14.6. The van der Waals surface area contributed by atoms with Crippen LogP contribution in [-0.2, 0) is 0 Å². The minimum absolute atomic E-state index is 1.11. The summed E-state index contributed by atoms with van der Waals surface area (Å²) in [5.41, 5.74) is 14.1. The van der Waals surface area contributed by atoms with E-state index < -0.39 is 0 Å². The summed E-state index contributed by atoms with van der Waals surface area (Å²) in [4.78, 5) is 2.45. The zero-order valence-corrected chi connectivity index (χ0v) is 31.9. The van der Waals surface area contributed by atoms with E-state index >= 15 is 0 Å². The number of nitrogens with zero attached hydrogens (tertiary/aromatic N) is 2. The Labute approximate surface area is 335 Å². The average Bonchev–Trinajstić information content (AvgIpc) is 3.83. The van der Waals surface area contributed by atoms with E-state index in [4.69, 9.17) is 0 Å². The summed E-state index contributed by atoms with van der Waals surface area (Å²) in [7, 11) is 0. The molecule has 0 aliphatic heterocycles. The number of aromatic nitrogens is 1. The molecule has 9 aromatic carbocycles. The Hall–Kier alpha value is -7.20. The van der Waals surface area contributed by atoms with Crippen LogP contribution in [0.15, 0.2) is 218 Å². The van der Waals surface area contributed by atoms with Crippen LogP contribution in [0.5, 0.6) is 0 Å². The Morgan fingerprint density at radius 2 is 0.825 bits per heavy atom. The van der Waals surface area contributed by atoms with Crippen molar-refractivity contribution >= 4 is 70.4 Å². The first kappa shape index (κ1) is 33.2. The lowest BCUT2D eigenvalue weighted by molar-refractivity contribution is 1.18. The van der Waals surface area contributed by atoms with Gasteiger partial charge in [-0.3, -0.25) is 0 Å². The number of thiophene rings is 1. The lowest BCUT2D eigenvalue weighted by Crippen LogP contribution is -2.10. The van der Waals surface area contributed by atoms with Gasteiger partial charge < -0.3 is 9.47 Å². The number of anilines is 3. The van der Waals surface area contributed by atoms with Crippen molar-refractivity contribution in [3.63, 3.8) is 0 Å². The summed E-state index contributed by atoms with van der Waals surface area (Å²) in [6.07, 6.45) is 0. The molecule has 0 fully saturated rings. The van der Waals surface area contributed by atoms with Crippen LogP contribution < -0.4 is 4.90 Å². The first-order chi connectivity index (χ1) is 28.3. The van der Waals surface area contributed by atoms with Gasteiger partial charge in [-0.1, -0.05) is 146 Å². The van der Waals surface area contributed by atoms with E-state index in [-0.39, 0.29) is 0 Å². The van der Waals surface area contributed by atoms with E-state index in [1.165, 1.54) is 75.4 Å². The summed E-state index contributed by atoms with van der Waals surface area (Å²) >= 11 is 1.87. The van der Waals surface area contributed by atoms with Crippen molar-refractivity contribution in [3.05, 3.63) is 218 Å².